The highest BCUT2D eigenvalue weighted by atomic mass is 16.5. The average Bonchev–Trinajstić information content (AvgIpc) is 3.00. The second-order valence-corrected chi connectivity index (χ2v) is 7.73. The molecule has 4 heteroatoms. The molecule has 1 spiro atoms. The number of benzene rings is 2. The van der Waals surface area contributed by atoms with Gasteiger partial charge in [0, 0.05) is 5.56 Å². The summed E-state index contributed by atoms with van der Waals surface area (Å²) in [4.78, 5) is 12.8. The largest absolute Gasteiger partial charge is 0.493 e. The molecular formula is C23H27NO3. The van der Waals surface area contributed by atoms with Gasteiger partial charge < -0.3 is 14.8 Å². The molecule has 2 aliphatic rings. The molecule has 4 rings (SSSR count). The summed E-state index contributed by atoms with van der Waals surface area (Å²) < 4.78 is 11.1. The number of rotatable bonds is 4. The molecule has 1 amide bonds. The molecule has 1 saturated carbocycles. The van der Waals surface area contributed by atoms with Gasteiger partial charge in [0.05, 0.1) is 20.3 Å². The van der Waals surface area contributed by atoms with Crippen LogP contribution < -0.4 is 14.8 Å². The lowest BCUT2D eigenvalue weighted by molar-refractivity contribution is 0.0931. The van der Waals surface area contributed by atoms with Crippen molar-refractivity contribution in [3.63, 3.8) is 0 Å². The van der Waals surface area contributed by atoms with Gasteiger partial charge in [-0.3, -0.25) is 4.79 Å². The number of hydrogen-bond donors (Lipinski definition) is 1. The molecule has 4 nitrogen and oxygen atoms in total. The first-order chi connectivity index (χ1) is 13.2. The molecule has 0 heterocycles. The zero-order valence-corrected chi connectivity index (χ0v) is 16.1. The molecule has 0 radical (unpaired) electrons. The van der Waals surface area contributed by atoms with Gasteiger partial charge in [-0.15, -0.1) is 0 Å². The van der Waals surface area contributed by atoms with E-state index in [9.17, 15) is 4.79 Å². The van der Waals surface area contributed by atoms with E-state index in [0.29, 0.717) is 5.56 Å². The van der Waals surface area contributed by atoms with Crippen molar-refractivity contribution in [2.24, 2.45) is 0 Å². The van der Waals surface area contributed by atoms with Crippen molar-refractivity contribution in [3.8, 4) is 11.5 Å². The maximum absolute atomic E-state index is 12.8. The number of nitrogens with one attached hydrogen (secondary N) is 1. The van der Waals surface area contributed by atoms with E-state index < -0.39 is 0 Å². The molecule has 0 saturated heterocycles. The summed E-state index contributed by atoms with van der Waals surface area (Å²) in [6.45, 7) is 0. The third-order valence-electron chi connectivity index (χ3n) is 6.25. The Morgan fingerprint density at radius 2 is 1.67 bits per heavy atom. The molecular weight excluding hydrogens is 338 g/mol. The highest BCUT2D eigenvalue weighted by Crippen LogP contribution is 2.55. The Morgan fingerprint density at radius 3 is 2.33 bits per heavy atom. The summed E-state index contributed by atoms with van der Waals surface area (Å²) in [7, 11) is 3.34. The van der Waals surface area contributed by atoms with Gasteiger partial charge >= 0.3 is 0 Å². The van der Waals surface area contributed by atoms with Crippen molar-refractivity contribution in [1.82, 2.24) is 5.32 Å². The van der Waals surface area contributed by atoms with E-state index in [2.05, 4.69) is 17.4 Å². The van der Waals surface area contributed by atoms with E-state index in [1.54, 1.807) is 14.2 Å². The standard InChI is InChI=1S/C23H27NO3/c1-26-20-13-17-18(14-21(20)27-2)23(11-7-4-8-12-23)15-19(17)24-22(25)16-9-5-3-6-10-16/h3,5-6,9-10,13-14,19H,4,7-8,11-12,15H2,1-2H3,(H,24,25). The van der Waals surface area contributed by atoms with Gasteiger partial charge in [-0.05, 0) is 60.1 Å². The minimum Gasteiger partial charge on any atom is -0.493 e. The third-order valence-corrected chi connectivity index (χ3v) is 6.25. The molecule has 27 heavy (non-hydrogen) atoms. The normalized spacial score (nSPS) is 20.1. The van der Waals surface area contributed by atoms with Crippen molar-refractivity contribution in [1.29, 1.82) is 0 Å². The summed E-state index contributed by atoms with van der Waals surface area (Å²) in [6, 6.07) is 13.6. The van der Waals surface area contributed by atoms with Crippen LogP contribution in [0.5, 0.6) is 11.5 Å². The predicted octanol–water partition coefficient (Wildman–Crippen LogP) is 4.78. The fraction of sp³-hybridized carbons (Fsp3) is 0.435. The van der Waals surface area contributed by atoms with Crippen LogP contribution in [0.4, 0.5) is 0 Å². The zero-order chi connectivity index (χ0) is 18.9. The summed E-state index contributed by atoms with van der Waals surface area (Å²) in [5.41, 5.74) is 3.35. The van der Waals surface area contributed by atoms with Crippen LogP contribution in [0.25, 0.3) is 0 Å². The molecule has 1 atom stereocenters. The summed E-state index contributed by atoms with van der Waals surface area (Å²) in [5, 5.41) is 3.28. The first-order valence-corrected chi connectivity index (χ1v) is 9.79. The number of carbonyl (C=O) groups excluding carboxylic acids is 1. The molecule has 0 aromatic heterocycles. The first-order valence-electron chi connectivity index (χ1n) is 9.79. The molecule has 142 valence electrons. The Labute approximate surface area is 160 Å². The van der Waals surface area contributed by atoms with Gasteiger partial charge in [-0.1, -0.05) is 37.5 Å². The van der Waals surface area contributed by atoms with Crippen LogP contribution in [0, 0.1) is 0 Å². The monoisotopic (exact) mass is 365 g/mol. The number of amides is 1. The lowest BCUT2D eigenvalue weighted by Gasteiger charge is -2.35. The Kier molecular flexibility index (Phi) is 4.81. The summed E-state index contributed by atoms with van der Waals surface area (Å²) >= 11 is 0. The van der Waals surface area contributed by atoms with E-state index in [-0.39, 0.29) is 17.4 Å². The van der Waals surface area contributed by atoms with E-state index >= 15 is 0 Å². The smallest absolute Gasteiger partial charge is 0.251 e. The lowest BCUT2D eigenvalue weighted by Crippen LogP contribution is -2.31. The van der Waals surface area contributed by atoms with Gasteiger partial charge in [-0.2, -0.15) is 0 Å². The fourth-order valence-electron chi connectivity index (χ4n) is 4.91. The van der Waals surface area contributed by atoms with Crippen LogP contribution in [-0.4, -0.2) is 20.1 Å². The number of methoxy groups -OCH3 is 2. The Balaban J connectivity index is 1.71. The topological polar surface area (TPSA) is 47.6 Å². The molecule has 1 fully saturated rings. The van der Waals surface area contributed by atoms with Crippen molar-refractivity contribution in [3.05, 3.63) is 59.2 Å². The van der Waals surface area contributed by atoms with Crippen LogP contribution in [0.1, 0.15) is 66.1 Å². The van der Waals surface area contributed by atoms with Crippen LogP contribution >= 0.6 is 0 Å². The second-order valence-electron chi connectivity index (χ2n) is 7.73. The summed E-state index contributed by atoms with van der Waals surface area (Å²) in [5.74, 6) is 1.48. The summed E-state index contributed by atoms with van der Waals surface area (Å²) in [6.07, 6.45) is 7.09. The van der Waals surface area contributed by atoms with Gasteiger partial charge in [0.25, 0.3) is 5.91 Å². The maximum atomic E-state index is 12.8. The van der Waals surface area contributed by atoms with Gasteiger partial charge in [0.15, 0.2) is 11.5 Å². The minimum absolute atomic E-state index is 0.00520. The minimum atomic E-state index is -0.0193. The van der Waals surface area contributed by atoms with Crippen molar-refractivity contribution >= 4 is 5.91 Å². The van der Waals surface area contributed by atoms with Gasteiger partial charge in [-0.25, -0.2) is 0 Å². The molecule has 0 bridgehead atoms. The highest BCUT2D eigenvalue weighted by Gasteiger charge is 2.45. The molecule has 2 aromatic carbocycles. The van der Waals surface area contributed by atoms with E-state index in [1.165, 1.54) is 43.2 Å². The average molecular weight is 365 g/mol. The quantitative estimate of drug-likeness (QED) is 0.848. The molecule has 0 aliphatic heterocycles. The van der Waals surface area contributed by atoms with Crippen LogP contribution in [-0.2, 0) is 5.41 Å². The second kappa shape index (κ2) is 7.26. The first kappa shape index (κ1) is 17.9. The van der Waals surface area contributed by atoms with E-state index in [4.69, 9.17) is 9.47 Å². The number of hydrogen-bond acceptors (Lipinski definition) is 3. The van der Waals surface area contributed by atoms with Crippen molar-refractivity contribution < 1.29 is 14.3 Å². The Morgan fingerprint density at radius 1 is 1.00 bits per heavy atom. The van der Waals surface area contributed by atoms with Crippen LogP contribution in [0.2, 0.25) is 0 Å². The SMILES string of the molecule is COc1cc2c(cc1OC)C1(CCCCC1)CC2NC(=O)c1ccccc1. The lowest BCUT2D eigenvalue weighted by atomic mass is 9.70. The number of carbonyl (C=O) groups is 1. The van der Waals surface area contributed by atoms with Gasteiger partial charge in [0.2, 0.25) is 0 Å². The van der Waals surface area contributed by atoms with Crippen molar-refractivity contribution in [2.75, 3.05) is 14.2 Å². The Hall–Kier alpha value is -2.49. The third kappa shape index (κ3) is 3.18. The number of ether oxygens (including phenoxy) is 2. The Bertz CT molecular complexity index is 825. The highest BCUT2D eigenvalue weighted by molar-refractivity contribution is 5.94. The van der Waals surface area contributed by atoms with E-state index in [0.717, 1.165) is 17.9 Å². The predicted molar refractivity (Wildman–Crippen MR) is 106 cm³/mol. The molecule has 1 unspecified atom stereocenters. The van der Waals surface area contributed by atoms with Gasteiger partial charge in [0.1, 0.15) is 0 Å². The zero-order valence-electron chi connectivity index (χ0n) is 16.1. The number of fused-ring (bicyclic) bond motifs is 2. The molecule has 1 N–H and O–H groups in total. The fourth-order valence-corrected chi connectivity index (χ4v) is 4.91. The molecule has 2 aliphatic carbocycles. The van der Waals surface area contributed by atoms with Crippen LogP contribution in [0.15, 0.2) is 42.5 Å². The maximum Gasteiger partial charge on any atom is 0.251 e. The molecule has 2 aromatic rings. The van der Waals surface area contributed by atoms with Crippen LogP contribution in [0.3, 0.4) is 0 Å². The van der Waals surface area contributed by atoms with Crippen molar-refractivity contribution in [2.45, 2.75) is 50.0 Å². The van der Waals surface area contributed by atoms with E-state index in [1.807, 2.05) is 30.3 Å².